The van der Waals surface area contributed by atoms with Crippen molar-refractivity contribution in [1.82, 2.24) is 0 Å². The van der Waals surface area contributed by atoms with Gasteiger partial charge in [0.1, 0.15) is 11.8 Å². The van der Waals surface area contributed by atoms with Crippen LogP contribution in [0.2, 0.25) is 0 Å². The Balaban J connectivity index is 1.84. The van der Waals surface area contributed by atoms with Gasteiger partial charge in [-0.1, -0.05) is 55.1 Å². The molecule has 37 heavy (non-hydrogen) atoms. The van der Waals surface area contributed by atoms with E-state index in [4.69, 9.17) is 25.7 Å². The molecule has 194 valence electrons. The first-order valence-electron chi connectivity index (χ1n) is 11.1. The number of hydrogen-bond donors (Lipinski definition) is 3. The van der Waals surface area contributed by atoms with E-state index in [0.717, 1.165) is 5.56 Å². The van der Waals surface area contributed by atoms with Gasteiger partial charge in [-0.3, -0.25) is 4.79 Å². The monoisotopic (exact) mass is 513 g/mol. The molecule has 3 rings (SSSR count). The number of carboxylic acid groups (broad SMARTS) is 1. The molecule has 2 atom stereocenters. The summed E-state index contributed by atoms with van der Waals surface area (Å²) in [6.07, 6.45) is -2.65. The normalized spacial score (nSPS) is 14.2. The third kappa shape index (κ3) is 7.58. The Kier molecular flexibility index (Phi) is 8.56. The molecule has 0 aliphatic rings. The zero-order chi connectivity index (χ0) is 27.2. The lowest BCUT2D eigenvalue weighted by atomic mass is 10.0. The molecule has 3 aromatic rings. The Morgan fingerprint density at radius 1 is 1.14 bits per heavy atom. The highest BCUT2D eigenvalue weighted by Gasteiger charge is 2.43. The molecule has 10 heteroatoms. The van der Waals surface area contributed by atoms with E-state index in [2.05, 4.69) is 11.6 Å². The predicted molar refractivity (Wildman–Crippen MR) is 134 cm³/mol. The van der Waals surface area contributed by atoms with E-state index in [1.165, 1.54) is 37.7 Å². The highest BCUT2D eigenvalue weighted by atomic mass is 19.4. The fourth-order valence-corrected chi connectivity index (χ4v) is 3.46. The number of carboxylic acids is 1. The van der Waals surface area contributed by atoms with Crippen molar-refractivity contribution in [2.75, 3.05) is 0 Å². The van der Waals surface area contributed by atoms with Crippen molar-refractivity contribution in [2.45, 2.75) is 31.7 Å². The van der Waals surface area contributed by atoms with E-state index in [0.29, 0.717) is 16.7 Å². The summed E-state index contributed by atoms with van der Waals surface area (Å²) in [7, 11) is 0. The van der Waals surface area contributed by atoms with Gasteiger partial charge in [0, 0.05) is 22.8 Å². The van der Waals surface area contributed by atoms with Crippen molar-refractivity contribution in [3.05, 3.63) is 102 Å². The number of allylic oxidation sites excluding steroid dienone is 1. The maximum Gasteiger partial charge on any atom is 0.429 e. The quantitative estimate of drug-likeness (QED) is 0.143. The SMILES string of the molecule is C=C(/C=C(\N=C(\C)N)c1ccc(C[C@H](N)C(=O)O)cc1)OC(c1ccc(-c2ccoc2)cc1)C(F)(F)F. The Hall–Kier alpha value is -4.31. The highest BCUT2D eigenvalue weighted by Crippen LogP contribution is 2.38. The van der Waals surface area contributed by atoms with Crippen LogP contribution in [0.1, 0.15) is 29.7 Å². The molecule has 0 bridgehead atoms. The molecule has 1 unspecified atom stereocenters. The van der Waals surface area contributed by atoms with E-state index in [-0.39, 0.29) is 29.3 Å². The lowest BCUT2D eigenvalue weighted by Crippen LogP contribution is -2.32. The molecule has 2 aromatic carbocycles. The third-order valence-corrected chi connectivity index (χ3v) is 5.25. The van der Waals surface area contributed by atoms with Gasteiger partial charge in [0.15, 0.2) is 0 Å². The van der Waals surface area contributed by atoms with Crippen LogP contribution in [0.25, 0.3) is 16.8 Å². The molecule has 5 N–H and O–H groups in total. The smallest absolute Gasteiger partial charge is 0.429 e. The number of nitrogens with two attached hydrogens (primary N) is 2. The maximum absolute atomic E-state index is 13.9. The Morgan fingerprint density at radius 3 is 2.30 bits per heavy atom. The van der Waals surface area contributed by atoms with Crippen LogP contribution in [0.15, 0.2) is 94.9 Å². The number of nitrogens with zero attached hydrogens (tertiary/aromatic N) is 1. The van der Waals surface area contributed by atoms with Gasteiger partial charge in [-0.25, -0.2) is 4.99 Å². The van der Waals surface area contributed by atoms with Gasteiger partial charge >= 0.3 is 12.1 Å². The topological polar surface area (TPSA) is 124 Å². The second-order valence-electron chi connectivity index (χ2n) is 8.27. The highest BCUT2D eigenvalue weighted by molar-refractivity contribution is 5.85. The average Bonchev–Trinajstić information content (AvgIpc) is 3.37. The predicted octanol–water partition coefficient (Wildman–Crippen LogP) is 5.45. The van der Waals surface area contributed by atoms with Gasteiger partial charge in [0.25, 0.3) is 0 Å². The molecule has 0 aliphatic carbocycles. The molecule has 0 radical (unpaired) electrons. The molecule has 0 aliphatic heterocycles. The number of halogens is 3. The fourth-order valence-electron chi connectivity index (χ4n) is 3.46. The lowest BCUT2D eigenvalue weighted by Gasteiger charge is -2.23. The molecule has 0 saturated carbocycles. The van der Waals surface area contributed by atoms with E-state index < -0.39 is 24.3 Å². The van der Waals surface area contributed by atoms with Gasteiger partial charge < -0.3 is 25.7 Å². The molecule has 0 fully saturated rings. The minimum absolute atomic E-state index is 0.103. The number of aliphatic carboxylic acids is 1. The number of aliphatic imine (C=N–C) groups is 1. The summed E-state index contributed by atoms with van der Waals surface area (Å²) < 4.78 is 52.0. The summed E-state index contributed by atoms with van der Waals surface area (Å²) in [5.41, 5.74) is 14.0. The lowest BCUT2D eigenvalue weighted by molar-refractivity contribution is -0.211. The second-order valence-corrected chi connectivity index (χ2v) is 8.27. The number of ether oxygens (including phenoxy) is 1. The van der Waals surface area contributed by atoms with Crippen molar-refractivity contribution in [3.63, 3.8) is 0 Å². The van der Waals surface area contributed by atoms with Crippen LogP contribution in [0.3, 0.4) is 0 Å². The van der Waals surface area contributed by atoms with Gasteiger partial charge in [-0.2, -0.15) is 13.2 Å². The van der Waals surface area contributed by atoms with Crippen molar-refractivity contribution >= 4 is 17.5 Å². The first kappa shape index (κ1) is 27.3. The van der Waals surface area contributed by atoms with E-state index in [9.17, 15) is 18.0 Å². The number of hydrogen-bond acceptors (Lipinski definition) is 5. The molecule has 1 heterocycles. The van der Waals surface area contributed by atoms with Crippen LogP contribution in [0, 0.1) is 0 Å². The molecular formula is C27H26F3N3O4. The van der Waals surface area contributed by atoms with E-state index in [1.54, 1.807) is 42.5 Å². The first-order chi connectivity index (χ1) is 17.4. The fraction of sp³-hybridized carbons (Fsp3) is 0.185. The molecule has 0 spiro atoms. The molecule has 0 saturated heterocycles. The van der Waals surface area contributed by atoms with E-state index >= 15 is 0 Å². The summed E-state index contributed by atoms with van der Waals surface area (Å²) in [4.78, 5) is 15.2. The van der Waals surface area contributed by atoms with Gasteiger partial charge in [0.2, 0.25) is 6.10 Å². The summed E-state index contributed by atoms with van der Waals surface area (Å²) in [6.45, 7) is 5.16. The second kappa shape index (κ2) is 11.6. The molecule has 7 nitrogen and oxygen atoms in total. The van der Waals surface area contributed by atoms with Crippen molar-refractivity contribution in [1.29, 1.82) is 0 Å². The zero-order valence-corrected chi connectivity index (χ0v) is 19.9. The van der Waals surface area contributed by atoms with Gasteiger partial charge in [-0.05, 0) is 30.5 Å². The van der Waals surface area contributed by atoms with Crippen molar-refractivity contribution in [2.24, 2.45) is 16.5 Å². The number of alkyl halides is 3. The largest absolute Gasteiger partial charge is 0.480 e. The summed E-state index contributed by atoms with van der Waals surface area (Å²) in [5.74, 6) is -1.24. The number of amidine groups is 1. The van der Waals surface area contributed by atoms with Crippen molar-refractivity contribution in [3.8, 4) is 11.1 Å². The first-order valence-corrected chi connectivity index (χ1v) is 11.1. The Labute approximate surface area is 211 Å². The van der Waals surface area contributed by atoms with Crippen LogP contribution in [-0.2, 0) is 16.0 Å². The Morgan fingerprint density at radius 2 is 1.78 bits per heavy atom. The Bertz CT molecular complexity index is 1280. The number of carbonyl (C=O) groups is 1. The minimum atomic E-state index is -4.72. The van der Waals surface area contributed by atoms with Crippen LogP contribution in [0.4, 0.5) is 13.2 Å². The van der Waals surface area contributed by atoms with Crippen LogP contribution >= 0.6 is 0 Å². The zero-order valence-electron chi connectivity index (χ0n) is 19.9. The molecule has 1 aromatic heterocycles. The van der Waals surface area contributed by atoms with Crippen molar-refractivity contribution < 1.29 is 32.2 Å². The van der Waals surface area contributed by atoms with Gasteiger partial charge in [-0.15, -0.1) is 0 Å². The van der Waals surface area contributed by atoms with Crippen LogP contribution in [-0.4, -0.2) is 29.1 Å². The molecule has 0 amide bonds. The van der Waals surface area contributed by atoms with E-state index in [1.807, 2.05) is 0 Å². The number of rotatable bonds is 10. The summed E-state index contributed by atoms with van der Waals surface area (Å²) >= 11 is 0. The number of benzene rings is 2. The van der Waals surface area contributed by atoms with Gasteiger partial charge in [0.05, 0.1) is 24.1 Å². The maximum atomic E-state index is 13.9. The minimum Gasteiger partial charge on any atom is -0.480 e. The average molecular weight is 514 g/mol. The standard InChI is InChI=1S/C27H26F3N3O4/c1-16(13-24(33-17(2)31)20-5-3-18(4-6-20)14-23(32)26(34)35)37-25(27(28,29)30)21-9-7-19(8-10-21)22-11-12-36-15-22/h3-13,15,23,25H,1,14,32H2,2H3,(H2,31,33)(H,34,35)/b24-13-/t23-,25?/m0/s1. The van der Waals surface area contributed by atoms with Crippen LogP contribution in [0.5, 0.6) is 0 Å². The summed E-state index contributed by atoms with van der Waals surface area (Å²) in [5, 5.41) is 8.98. The molecular weight excluding hydrogens is 487 g/mol. The third-order valence-electron chi connectivity index (χ3n) is 5.25. The van der Waals surface area contributed by atoms with Crippen LogP contribution < -0.4 is 11.5 Å². The number of furan rings is 1. The summed E-state index contributed by atoms with van der Waals surface area (Å²) in [6, 6.07) is 13.0.